The molecule has 116 valence electrons. The molecule has 6 nitrogen and oxygen atoms in total. The van der Waals surface area contributed by atoms with Crippen molar-refractivity contribution in [2.45, 2.75) is 18.2 Å². The molecule has 0 saturated carbocycles. The predicted molar refractivity (Wildman–Crippen MR) is 79.0 cm³/mol. The number of rotatable bonds is 9. The van der Waals surface area contributed by atoms with Gasteiger partial charge in [0.2, 0.25) is 10.0 Å². The largest absolute Gasteiger partial charge is 0.478 e. The van der Waals surface area contributed by atoms with E-state index in [-0.39, 0.29) is 23.6 Å². The second kappa shape index (κ2) is 7.92. The Balaban J connectivity index is 2.72. The highest BCUT2D eigenvalue weighted by Crippen LogP contribution is 2.16. The topological polar surface area (TPSA) is 92.7 Å². The molecule has 1 rings (SSSR count). The van der Waals surface area contributed by atoms with Gasteiger partial charge in [-0.25, -0.2) is 17.9 Å². The van der Waals surface area contributed by atoms with Gasteiger partial charge in [-0.15, -0.1) is 6.58 Å². The minimum absolute atomic E-state index is 0.0338. The molecule has 0 amide bonds. The molecule has 0 spiro atoms. The molecule has 0 heterocycles. The lowest BCUT2D eigenvalue weighted by Crippen LogP contribution is -2.28. The molecule has 7 heteroatoms. The van der Waals surface area contributed by atoms with Crippen LogP contribution in [0.5, 0.6) is 0 Å². The average Bonchev–Trinajstić information content (AvgIpc) is 2.42. The van der Waals surface area contributed by atoms with E-state index < -0.39 is 16.0 Å². The molecule has 0 unspecified atom stereocenters. The quantitative estimate of drug-likeness (QED) is 0.533. The van der Waals surface area contributed by atoms with E-state index in [1.807, 2.05) is 0 Å². The maximum Gasteiger partial charge on any atom is 0.335 e. The highest BCUT2D eigenvalue weighted by atomic mass is 32.2. The first-order valence-electron chi connectivity index (χ1n) is 6.40. The summed E-state index contributed by atoms with van der Waals surface area (Å²) < 4.78 is 31.9. The molecule has 0 bridgehead atoms. The molecular formula is C14H19NO5S. The normalized spacial score (nSPS) is 11.3. The van der Waals surface area contributed by atoms with Crippen LogP contribution in [0, 0.1) is 6.92 Å². The second-order valence-electron chi connectivity index (χ2n) is 4.37. The molecule has 1 aromatic rings. The molecule has 0 fully saturated rings. The van der Waals surface area contributed by atoms with E-state index >= 15 is 0 Å². The minimum atomic E-state index is -3.75. The monoisotopic (exact) mass is 313 g/mol. The Labute approximate surface area is 124 Å². The fourth-order valence-corrected chi connectivity index (χ4v) is 2.90. The van der Waals surface area contributed by atoms with Gasteiger partial charge in [0.1, 0.15) is 0 Å². The van der Waals surface area contributed by atoms with Gasteiger partial charge < -0.3 is 9.84 Å². The van der Waals surface area contributed by atoms with Crippen molar-refractivity contribution in [2.75, 3.05) is 19.8 Å². The van der Waals surface area contributed by atoms with E-state index in [1.54, 1.807) is 13.0 Å². The zero-order chi connectivity index (χ0) is 15.9. The zero-order valence-corrected chi connectivity index (χ0v) is 12.6. The molecule has 0 atom stereocenters. The lowest BCUT2D eigenvalue weighted by Gasteiger charge is -2.10. The fraction of sp³-hybridized carbons (Fsp3) is 0.357. The lowest BCUT2D eigenvalue weighted by atomic mass is 10.1. The maximum atomic E-state index is 12.1. The summed E-state index contributed by atoms with van der Waals surface area (Å²) in [6, 6.07) is 3.99. The summed E-state index contributed by atoms with van der Waals surface area (Å²) in [4.78, 5) is 10.9. The highest BCUT2D eigenvalue weighted by Gasteiger charge is 2.18. The van der Waals surface area contributed by atoms with Crippen molar-refractivity contribution in [1.82, 2.24) is 4.72 Å². The minimum Gasteiger partial charge on any atom is -0.478 e. The van der Waals surface area contributed by atoms with Crippen LogP contribution in [0.25, 0.3) is 0 Å². The molecule has 0 saturated heterocycles. The molecule has 21 heavy (non-hydrogen) atoms. The molecule has 0 aliphatic heterocycles. The standard InChI is InChI=1S/C14H19NO5S/c1-3-4-8-20-9-7-15-21(18,19)13-10-12(14(16)17)6-5-11(13)2/h3,5-6,10,15H,1,4,7-9H2,2H3,(H,16,17). The van der Waals surface area contributed by atoms with Gasteiger partial charge in [0.05, 0.1) is 23.7 Å². The van der Waals surface area contributed by atoms with Crippen LogP contribution < -0.4 is 4.72 Å². The first-order valence-corrected chi connectivity index (χ1v) is 7.89. The van der Waals surface area contributed by atoms with E-state index in [1.165, 1.54) is 12.1 Å². The van der Waals surface area contributed by atoms with Gasteiger partial charge in [-0.2, -0.15) is 0 Å². The number of hydrogen-bond acceptors (Lipinski definition) is 4. The van der Waals surface area contributed by atoms with Crippen molar-refractivity contribution in [1.29, 1.82) is 0 Å². The molecule has 0 aliphatic rings. The van der Waals surface area contributed by atoms with Gasteiger partial charge in [-0.3, -0.25) is 0 Å². The SMILES string of the molecule is C=CCCOCCNS(=O)(=O)c1cc(C(=O)O)ccc1C. The van der Waals surface area contributed by atoms with Crippen LogP contribution in [0.15, 0.2) is 35.7 Å². The van der Waals surface area contributed by atoms with Crippen molar-refractivity contribution >= 4 is 16.0 Å². The number of nitrogens with one attached hydrogen (secondary N) is 1. The van der Waals surface area contributed by atoms with Crippen molar-refractivity contribution in [2.24, 2.45) is 0 Å². The van der Waals surface area contributed by atoms with Crippen LogP contribution in [0.1, 0.15) is 22.3 Å². The highest BCUT2D eigenvalue weighted by molar-refractivity contribution is 7.89. The Morgan fingerprint density at radius 1 is 1.43 bits per heavy atom. The number of benzene rings is 1. The van der Waals surface area contributed by atoms with Crippen molar-refractivity contribution < 1.29 is 23.1 Å². The van der Waals surface area contributed by atoms with E-state index in [9.17, 15) is 13.2 Å². The zero-order valence-electron chi connectivity index (χ0n) is 11.8. The molecule has 2 N–H and O–H groups in total. The van der Waals surface area contributed by atoms with Crippen molar-refractivity contribution in [3.63, 3.8) is 0 Å². The third-order valence-corrected chi connectivity index (χ3v) is 4.33. The Hall–Kier alpha value is -1.70. The average molecular weight is 313 g/mol. The van der Waals surface area contributed by atoms with Gasteiger partial charge in [0, 0.05) is 6.54 Å². The van der Waals surface area contributed by atoms with Gasteiger partial charge in [-0.05, 0) is 31.0 Å². The summed E-state index contributed by atoms with van der Waals surface area (Å²) in [6.07, 6.45) is 2.41. The summed E-state index contributed by atoms with van der Waals surface area (Å²) in [5.41, 5.74) is 0.420. The summed E-state index contributed by atoms with van der Waals surface area (Å²) >= 11 is 0. The van der Waals surface area contributed by atoms with Gasteiger partial charge in [0.15, 0.2) is 0 Å². The van der Waals surface area contributed by atoms with E-state index in [0.29, 0.717) is 18.6 Å². The predicted octanol–water partition coefficient (Wildman–Crippen LogP) is 1.56. The molecule has 0 radical (unpaired) electrons. The summed E-state index contributed by atoms with van der Waals surface area (Å²) in [5.74, 6) is -1.17. The first-order chi connectivity index (χ1) is 9.88. The van der Waals surface area contributed by atoms with Gasteiger partial charge in [-0.1, -0.05) is 12.1 Å². The smallest absolute Gasteiger partial charge is 0.335 e. The van der Waals surface area contributed by atoms with Crippen LogP contribution in [0.2, 0.25) is 0 Å². The molecule has 1 aromatic carbocycles. The number of hydrogen-bond donors (Lipinski definition) is 2. The number of carboxylic acids is 1. The van der Waals surface area contributed by atoms with Gasteiger partial charge in [0.25, 0.3) is 0 Å². The molecule has 0 aromatic heterocycles. The number of sulfonamides is 1. The van der Waals surface area contributed by atoms with E-state index in [0.717, 1.165) is 6.07 Å². The summed E-state index contributed by atoms with van der Waals surface area (Å²) in [5, 5.41) is 8.92. The third-order valence-electron chi connectivity index (χ3n) is 2.73. The second-order valence-corrected chi connectivity index (χ2v) is 6.11. The van der Waals surface area contributed by atoms with Crippen LogP contribution in [-0.2, 0) is 14.8 Å². The Bertz CT molecular complexity index is 610. The molecular weight excluding hydrogens is 294 g/mol. The lowest BCUT2D eigenvalue weighted by molar-refractivity contribution is 0.0696. The number of carbonyl (C=O) groups is 1. The van der Waals surface area contributed by atoms with Crippen LogP contribution >= 0.6 is 0 Å². The number of aryl methyl sites for hydroxylation is 1. The third kappa shape index (κ3) is 5.30. The summed E-state index contributed by atoms with van der Waals surface area (Å²) in [6.45, 7) is 6.01. The first kappa shape index (κ1) is 17.4. The number of carboxylic acid groups (broad SMARTS) is 1. The van der Waals surface area contributed by atoms with E-state index in [2.05, 4.69) is 11.3 Å². The van der Waals surface area contributed by atoms with Crippen LogP contribution in [-0.4, -0.2) is 39.3 Å². The van der Waals surface area contributed by atoms with Crippen molar-refractivity contribution in [3.8, 4) is 0 Å². The van der Waals surface area contributed by atoms with Crippen LogP contribution in [0.3, 0.4) is 0 Å². The number of ether oxygens (including phenoxy) is 1. The Morgan fingerprint density at radius 3 is 2.76 bits per heavy atom. The van der Waals surface area contributed by atoms with E-state index in [4.69, 9.17) is 9.84 Å². The molecule has 0 aliphatic carbocycles. The Morgan fingerprint density at radius 2 is 2.14 bits per heavy atom. The fourth-order valence-electron chi connectivity index (χ4n) is 1.62. The summed E-state index contributed by atoms with van der Waals surface area (Å²) in [7, 11) is -3.75. The van der Waals surface area contributed by atoms with Crippen LogP contribution in [0.4, 0.5) is 0 Å². The maximum absolute atomic E-state index is 12.1. The van der Waals surface area contributed by atoms with Gasteiger partial charge >= 0.3 is 5.97 Å². The Kier molecular flexibility index (Phi) is 6.54. The van der Waals surface area contributed by atoms with Crippen molar-refractivity contribution in [3.05, 3.63) is 42.0 Å². The number of aromatic carboxylic acids is 1.